The molecule has 4 rings (SSSR count). The molecule has 164 valence electrons. The molecule has 7 atom stereocenters. The first-order chi connectivity index (χ1) is 14.2. The average Bonchev–Trinajstić information content (AvgIpc) is 3.06. The van der Waals surface area contributed by atoms with Gasteiger partial charge in [0.1, 0.15) is 0 Å². The molecular formula is C29H42O. The standard InChI is InChI=1S/C29H42O/c1-7-21(19(2)3)9-8-20(4)25-12-13-26-24-11-10-22-18-23(30)14-16-28(22,5)27(24)15-17-29(25,26)6/h8-11,13,20-21,23,25,27,30H,2,7,12,14-18H2,1,3-6H3/b9-8+/t20-,21+,23+,25-,27+,28+,29-/m1/s1. The van der Waals surface area contributed by atoms with Crippen molar-refractivity contribution in [2.24, 2.45) is 34.5 Å². The lowest BCUT2D eigenvalue weighted by Gasteiger charge is -2.53. The van der Waals surface area contributed by atoms with E-state index in [0.717, 1.165) is 25.7 Å². The second-order valence-electron chi connectivity index (χ2n) is 11.2. The number of fused-ring (bicyclic) bond motifs is 5. The van der Waals surface area contributed by atoms with Crippen LogP contribution >= 0.6 is 0 Å². The fourth-order valence-electron chi connectivity index (χ4n) is 7.31. The van der Waals surface area contributed by atoms with E-state index in [1.807, 2.05) is 0 Å². The zero-order valence-electron chi connectivity index (χ0n) is 19.9. The van der Waals surface area contributed by atoms with Crippen LogP contribution in [0.5, 0.6) is 0 Å². The number of aliphatic hydroxyl groups is 1. The van der Waals surface area contributed by atoms with E-state index in [-0.39, 0.29) is 11.5 Å². The summed E-state index contributed by atoms with van der Waals surface area (Å²) in [4.78, 5) is 0. The quantitative estimate of drug-likeness (QED) is 0.467. The van der Waals surface area contributed by atoms with Crippen LogP contribution in [0.25, 0.3) is 0 Å². The van der Waals surface area contributed by atoms with Crippen LogP contribution in [0, 0.1) is 34.5 Å². The van der Waals surface area contributed by atoms with E-state index in [2.05, 4.69) is 71.6 Å². The van der Waals surface area contributed by atoms with Gasteiger partial charge in [-0.15, -0.1) is 0 Å². The Morgan fingerprint density at radius 3 is 2.63 bits per heavy atom. The lowest BCUT2D eigenvalue weighted by molar-refractivity contribution is 0.0719. The molecule has 0 heterocycles. The van der Waals surface area contributed by atoms with Crippen LogP contribution < -0.4 is 0 Å². The van der Waals surface area contributed by atoms with Crippen molar-refractivity contribution in [1.82, 2.24) is 0 Å². The second kappa shape index (κ2) is 7.97. The Morgan fingerprint density at radius 1 is 1.20 bits per heavy atom. The van der Waals surface area contributed by atoms with Gasteiger partial charge in [-0.2, -0.15) is 0 Å². The van der Waals surface area contributed by atoms with Gasteiger partial charge in [-0.05, 0) is 97.5 Å². The number of hydrogen-bond acceptors (Lipinski definition) is 1. The highest BCUT2D eigenvalue weighted by Gasteiger charge is 2.53. The van der Waals surface area contributed by atoms with Crippen molar-refractivity contribution in [1.29, 1.82) is 0 Å². The molecule has 0 amide bonds. The Hall–Kier alpha value is -1.34. The summed E-state index contributed by atoms with van der Waals surface area (Å²) in [6.45, 7) is 16.0. The summed E-state index contributed by atoms with van der Waals surface area (Å²) in [5.74, 6) is 2.43. The molecule has 4 aliphatic carbocycles. The van der Waals surface area contributed by atoms with Gasteiger partial charge in [-0.3, -0.25) is 0 Å². The molecule has 2 fully saturated rings. The van der Waals surface area contributed by atoms with E-state index >= 15 is 0 Å². The number of rotatable bonds is 5. The van der Waals surface area contributed by atoms with Crippen molar-refractivity contribution in [2.45, 2.75) is 85.7 Å². The van der Waals surface area contributed by atoms with Crippen molar-refractivity contribution in [3.05, 3.63) is 59.3 Å². The third-order valence-corrected chi connectivity index (χ3v) is 9.42. The molecule has 0 radical (unpaired) electrons. The molecule has 0 aromatic rings. The lowest BCUT2D eigenvalue weighted by Crippen LogP contribution is -2.44. The average molecular weight is 407 g/mol. The van der Waals surface area contributed by atoms with Gasteiger partial charge in [0.2, 0.25) is 0 Å². The van der Waals surface area contributed by atoms with Crippen LogP contribution in [0.15, 0.2) is 59.3 Å². The molecule has 1 nitrogen and oxygen atoms in total. The SMILES string of the molecule is C=C(C)[C@H](/C=C/[C@@H](C)[C@H]1CC=C2C3=CC=C4C[C@@H](O)CC[C@]4(C)[C@H]3CC[C@@]21C)CC. The molecule has 30 heavy (non-hydrogen) atoms. The summed E-state index contributed by atoms with van der Waals surface area (Å²) in [6, 6.07) is 0. The second-order valence-corrected chi connectivity index (χ2v) is 11.2. The van der Waals surface area contributed by atoms with Crippen molar-refractivity contribution in [3.8, 4) is 0 Å². The molecule has 1 N–H and O–H groups in total. The third kappa shape index (κ3) is 3.42. The molecule has 0 aliphatic heterocycles. The maximum Gasteiger partial charge on any atom is 0.0578 e. The summed E-state index contributed by atoms with van der Waals surface area (Å²) >= 11 is 0. The molecule has 4 aliphatic rings. The Labute approximate surface area is 184 Å². The molecule has 2 saturated carbocycles. The zero-order chi connectivity index (χ0) is 21.7. The van der Waals surface area contributed by atoms with Crippen LogP contribution in [-0.4, -0.2) is 11.2 Å². The van der Waals surface area contributed by atoms with Crippen LogP contribution in [0.2, 0.25) is 0 Å². The van der Waals surface area contributed by atoms with Gasteiger partial charge >= 0.3 is 0 Å². The van der Waals surface area contributed by atoms with Crippen LogP contribution in [0.3, 0.4) is 0 Å². The molecule has 0 bridgehead atoms. The van der Waals surface area contributed by atoms with Gasteiger partial charge in [0.05, 0.1) is 6.10 Å². The highest BCUT2D eigenvalue weighted by Crippen LogP contribution is 2.64. The minimum Gasteiger partial charge on any atom is -0.393 e. The summed E-state index contributed by atoms with van der Waals surface area (Å²) in [5.41, 5.74) is 6.60. The Morgan fingerprint density at radius 2 is 1.93 bits per heavy atom. The molecular weight excluding hydrogens is 364 g/mol. The van der Waals surface area contributed by atoms with Gasteiger partial charge < -0.3 is 5.11 Å². The first-order valence-corrected chi connectivity index (χ1v) is 12.3. The van der Waals surface area contributed by atoms with Crippen molar-refractivity contribution in [3.63, 3.8) is 0 Å². The number of allylic oxidation sites excluding steroid dienone is 8. The first-order valence-electron chi connectivity index (χ1n) is 12.3. The van der Waals surface area contributed by atoms with Crippen molar-refractivity contribution >= 4 is 0 Å². The zero-order valence-corrected chi connectivity index (χ0v) is 19.9. The van der Waals surface area contributed by atoms with E-state index in [0.29, 0.717) is 29.1 Å². The Balaban J connectivity index is 1.58. The summed E-state index contributed by atoms with van der Waals surface area (Å²) in [5, 5.41) is 10.2. The van der Waals surface area contributed by atoms with Crippen molar-refractivity contribution in [2.75, 3.05) is 0 Å². The Bertz CT molecular complexity index is 823. The van der Waals surface area contributed by atoms with Crippen LogP contribution in [0.1, 0.15) is 79.6 Å². The van der Waals surface area contributed by atoms with E-state index in [1.165, 1.54) is 30.4 Å². The highest BCUT2D eigenvalue weighted by atomic mass is 16.3. The summed E-state index contributed by atoms with van der Waals surface area (Å²) in [7, 11) is 0. The van der Waals surface area contributed by atoms with E-state index < -0.39 is 0 Å². The molecule has 0 aromatic carbocycles. The fraction of sp³-hybridized carbons (Fsp3) is 0.655. The van der Waals surface area contributed by atoms with Crippen molar-refractivity contribution < 1.29 is 5.11 Å². The topological polar surface area (TPSA) is 20.2 Å². The predicted octanol–water partition coefficient (Wildman–Crippen LogP) is 7.56. The fourth-order valence-corrected chi connectivity index (χ4v) is 7.31. The maximum atomic E-state index is 10.2. The maximum absolute atomic E-state index is 10.2. The normalized spacial score (nSPS) is 39.9. The van der Waals surface area contributed by atoms with Gasteiger partial charge in [0, 0.05) is 0 Å². The lowest BCUT2D eigenvalue weighted by atomic mass is 9.51. The van der Waals surface area contributed by atoms with Crippen LogP contribution in [-0.2, 0) is 0 Å². The molecule has 1 heteroatoms. The minimum absolute atomic E-state index is 0.137. The largest absolute Gasteiger partial charge is 0.393 e. The predicted molar refractivity (Wildman–Crippen MR) is 128 cm³/mol. The summed E-state index contributed by atoms with van der Waals surface area (Å²) in [6.07, 6.45) is 20.1. The van der Waals surface area contributed by atoms with Crippen LogP contribution in [0.4, 0.5) is 0 Å². The van der Waals surface area contributed by atoms with E-state index in [9.17, 15) is 5.11 Å². The van der Waals surface area contributed by atoms with Gasteiger partial charge in [-0.25, -0.2) is 0 Å². The molecule has 0 aromatic heterocycles. The smallest absolute Gasteiger partial charge is 0.0578 e. The number of hydrogen-bond donors (Lipinski definition) is 1. The van der Waals surface area contributed by atoms with Gasteiger partial charge in [0.15, 0.2) is 0 Å². The minimum atomic E-state index is -0.137. The third-order valence-electron chi connectivity index (χ3n) is 9.42. The van der Waals surface area contributed by atoms with Gasteiger partial charge in [-0.1, -0.05) is 75.8 Å². The Kier molecular flexibility index (Phi) is 5.81. The van der Waals surface area contributed by atoms with E-state index in [1.54, 1.807) is 11.1 Å². The molecule has 0 unspecified atom stereocenters. The first kappa shape index (κ1) is 21.9. The summed E-state index contributed by atoms with van der Waals surface area (Å²) < 4.78 is 0. The monoisotopic (exact) mass is 406 g/mol. The van der Waals surface area contributed by atoms with Gasteiger partial charge in [0.25, 0.3) is 0 Å². The van der Waals surface area contributed by atoms with E-state index in [4.69, 9.17) is 0 Å². The number of aliphatic hydroxyl groups excluding tert-OH is 1. The molecule has 0 spiro atoms. The molecule has 0 saturated heterocycles. The highest BCUT2D eigenvalue weighted by molar-refractivity contribution is 5.51.